The van der Waals surface area contributed by atoms with Crippen LogP contribution < -0.4 is 34.4 Å². The van der Waals surface area contributed by atoms with Crippen molar-refractivity contribution in [3.8, 4) is 0 Å². The van der Waals surface area contributed by atoms with Gasteiger partial charge in [0.25, 0.3) is 0 Å². The summed E-state index contributed by atoms with van der Waals surface area (Å²) in [7, 11) is 0. The molecule has 0 saturated heterocycles. The Bertz CT molecular complexity index is 2650. The predicted molar refractivity (Wildman–Crippen MR) is 416 cm³/mol. The van der Waals surface area contributed by atoms with Gasteiger partial charge in [0, 0.05) is 54.1 Å². The van der Waals surface area contributed by atoms with Crippen molar-refractivity contribution < 1.29 is 52.5 Å². The fourth-order valence-corrected chi connectivity index (χ4v) is 17.8. The average Bonchev–Trinajstić information content (AvgIpc) is 0.828. The summed E-state index contributed by atoms with van der Waals surface area (Å²) in [6, 6.07) is 1.39. The van der Waals surface area contributed by atoms with Gasteiger partial charge in [0.05, 0.1) is 70.8 Å². The zero-order valence-corrected chi connectivity index (χ0v) is 68.8. The molecule has 0 aromatic heterocycles. The molecule has 5 saturated carbocycles. The molecule has 0 aromatic carbocycles. The van der Waals surface area contributed by atoms with Crippen LogP contribution in [-0.2, 0) is 52.5 Å². The molecule has 5 aliphatic rings. The Morgan fingerprint density at radius 2 is 0.535 bits per heavy atom. The predicted octanol–water partition coefficient (Wildman–Crippen LogP) is 13.8. The largest absolute Gasteiger partial charge is 0.466 e. The molecule has 0 aliphatic heterocycles. The van der Waals surface area contributed by atoms with E-state index in [2.05, 4.69) is 119 Å². The Labute approximate surface area is 614 Å². The summed E-state index contributed by atoms with van der Waals surface area (Å²) in [6.07, 6.45) is 17.3. The highest BCUT2D eigenvalue weighted by Gasteiger charge is 2.44. The van der Waals surface area contributed by atoms with Gasteiger partial charge in [0.15, 0.2) is 0 Å². The molecule has 21 heteroatoms. The van der Waals surface area contributed by atoms with Crippen LogP contribution in [0.4, 0.5) is 0 Å². The monoisotopic (exact) mass is 1430 g/mol. The molecule has 12 N–H and O–H groups in total. The number of carbonyl (C=O) groups excluding carboxylic acids is 6. The first-order valence-electron chi connectivity index (χ1n) is 37.9. The average molecular weight is 1430 g/mol. The first-order chi connectivity index (χ1) is 46.2. The van der Waals surface area contributed by atoms with Crippen molar-refractivity contribution in [2.45, 2.75) is 332 Å². The van der Waals surface area contributed by atoms with Crippen molar-refractivity contribution in [1.29, 1.82) is 0 Å². The van der Waals surface area contributed by atoms with Gasteiger partial charge in [-0.1, -0.05) is 104 Å². The van der Waals surface area contributed by atoms with Crippen LogP contribution in [0, 0.1) is 54.1 Å². The first kappa shape index (κ1) is 96.5. The molecule has 0 amide bonds. The highest BCUT2D eigenvalue weighted by molar-refractivity contribution is 5.99. The molecular weight excluding hydrogens is 1280 g/mol. The molecule has 101 heavy (non-hydrogen) atoms. The van der Waals surface area contributed by atoms with Crippen LogP contribution in [0.25, 0.3) is 0 Å². The maximum Gasteiger partial charge on any atom is 0.313 e. The highest BCUT2D eigenvalue weighted by Crippen LogP contribution is 2.50. The first-order valence-corrected chi connectivity index (χ1v) is 37.9. The lowest BCUT2D eigenvalue weighted by atomic mass is 9.62. The Morgan fingerprint density at radius 1 is 0.317 bits per heavy atom. The second-order valence-electron chi connectivity index (χ2n) is 36.4. The van der Waals surface area contributed by atoms with Crippen LogP contribution in [-0.4, -0.2) is 154 Å². The van der Waals surface area contributed by atoms with E-state index in [-0.39, 0.29) is 110 Å². The maximum absolute atomic E-state index is 11.7. The van der Waals surface area contributed by atoms with E-state index in [4.69, 9.17) is 63.3 Å². The lowest BCUT2D eigenvalue weighted by Gasteiger charge is -2.45. The summed E-state index contributed by atoms with van der Waals surface area (Å²) < 4.78 is 24.4. The summed E-state index contributed by atoms with van der Waals surface area (Å²) in [5, 5.41) is 0. The smallest absolute Gasteiger partial charge is 0.313 e. The van der Waals surface area contributed by atoms with E-state index in [1.165, 1.54) is 19.8 Å². The van der Waals surface area contributed by atoms with Crippen molar-refractivity contribution in [3.63, 3.8) is 0 Å². The second-order valence-corrected chi connectivity index (χ2v) is 36.4. The number of ketones is 1. The van der Waals surface area contributed by atoms with Gasteiger partial charge < -0.3 is 58.1 Å². The zero-order valence-electron chi connectivity index (χ0n) is 68.8. The normalized spacial score (nSPS) is 29.5. The number of aliphatic imine (C=N–C) groups is 4. The molecule has 21 nitrogen and oxygen atoms in total. The topological polar surface area (TPSA) is 354 Å². The Morgan fingerprint density at radius 3 is 0.792 bits per heavy atom. The van der Waals surface area contributed by atoms with E-state index in [9.17, 15) is 28.8 Å². The van der Waals surface area contributed by atoms with Gasteiger partial charge >= 0.3 is 29.8 Å². The van der Waals surface area contributed by atoms with Crippen LogP contribution in [0.5, 0.6) is 0 Å². The number of Topliss-reactive ketones (excluding diaryl/α,β-unsaturated/α-hetero) is 1. The van der Waals surface area contributed by atoms with Gasteiger partial charge in [-0.25, -0.2) is 0 Å². The minimum atomic E-state index is -0.440. The number of esters is 5. The van der Waals surface area contributed by atoms with Crippen LogP contribution >= 0.6 is 0 Å². The third-order valence-electron chi connectivity index (χ3n) is 19.5. The maximum atomic E-state index is 11.7. The van der Waals surface area contributed by atoms with Crippen LogP contribution in [0.2, 0.25) is 0 Å². The lowest BCUT2D eigenvalue weighted by molar-refractivity contribution is -0.146. The minimum absolute atomic E-state index is 0.00997. The van der Waals surface area contributed by atoms with Crippen LogP contribution in [0.1, 0.15) is 302 Å². The van der Waals surface area contributed by atoms with Crippen molar-refractivity contribution in [3.05, 3.63) is 0 Å². The van der Waals surface area contributed by atoms with Crippen LogP contribution in [0.3, 0.4) is 0 Å². The van der Waals surface area contributed by atoms with Crippen molar-refractivity contribution in [2.24, 2.45) is 109 Å². The molecule has 0 spiro atoms. The van der Waals surface area contributed by atoms with Gasteiger partial charge in [0.2, 0.25) is 0 Å². The zero-order chi connectivity index (χ0) is 78.2. The van der Waals surface area contributed by atoms with E-state index < -0.39 is 5.97 Å². The van der Waals surface area contributed by atoms with Gasteiger partial charge in [-0.3, -0.25) is 48.7 Å². The Balaban J connectivity index is 0.00000123. The lowest BCUT2D eigenvalue weighted by Crippen LogP contribution is -2.45. The number of rotatable bonds is 24. The van der Waals surface area contributed by atoms with Crippen molar-refractivity contribution in [1.82, 2.24) is 0 Å². The minimum Gasteiger partial charge on any atom is -0.466 e. The van der Waals surface area contributed by atoms with Crippen molar-refractivity contribution >= 4 is 58.5 Å². The van der Waals surface area contributed by atoms with Crippen molar-refractivity contribution in [2.75, 3.05) is 65.8 Å². The van der Waals surface area contributed by atoms with Gasteiger partial charge in [-0.15, -0.1) is 0 Å². The van der Waals surface area contributed by atoms with E-state index in [1.54, 1.807) is 13.8 Å². The number of hydrogen-bond donors (Lipinski definition) is 6. The number of carbonyl (C=O) groups is 6. The third-order valence-corrected chi connectivity index (χ3v) is 19.5. The Hall–Kier alpha value is -4.54. The van der Waals surface area contributed by atoms with E-state index >= 15 is 0 Å². The fraction of sp³-hybridized carbons (Fsp3) is 0.875. The SMILES string of the molecule is CC1(C)CC(N)CC(C)(CN)C1.CC1(C)CC(N)CC(C)(CN)C1.CCOC(=O)CC(C)=NC1CC(C)(C)CC(C)(CN)C1.CCOC(=O)CC(C)=NCC1(C)CC(N)CC(C)(C)C1.CCOC(=O)CC(C)=NCC1(C)CC(N=C(C)CC(=O)OCC)CC(C)(C)C1.CCOC(=O)CC(C)=O. The number of nitrogens with zero attached hydrogens (tertiary/aromatic N) is 4. The van der Waals surface area contributed by atoms with Gasteiger partial charge in [-0.2, -0.15) is 0 Å². The summed E-state index contributed by atoms with van der Waals surface area (Å²) >= 11 is 0. The third kappa shape index (κ3) is 42.9. The molecule has 0 radical (unpaired) electrons. The standard InChI is InChI=1S/C22H38N2O4.2C16H30N2O2.2C10H22N2.C6H10O3/c1-8-27-19(25)10-16(3)23-15-22(7)13-18(12-21(5,6)14-22)24-17(4)11-20(26)28-9-2;1-6-20-14(19)7-12(2)18-11-16(5)9-13(17)8-15(3,4)10-16;1-6-20-14(19)7-12(2)18-13-8-15(3,4)10-16(5,9-13)11-17;2*1-9(2)4-8(12)5-10(3,6-9)7-11;1-3-9-6(8)4-5(2)7/h18H,8-15H2,1-7H3;2*13H,6-11,17H2,1-5H3;2*8H,4-7,11-12H2,1-3H3;3-4H2,1-2H3. The van der Waals surface area contributed by atoms with Gasteiger partial charge in [0.1, 0.15) is 12.2 Å². The quantitative estimate of drug-likeness (QED) is 0.0226. The van der Waals surface area contributed by atoms with Gasteiger partial charge in [-0.05, 0) is 239 Å². The summed E-state index contributed by atoms with van der Waals surface area (Å²) in [5.41, 5.74) is 41.3. The molecule has 10 unspecified atom stereocenters. The second kappa shape index (κ2) is 43.8. The van der Waals surface area contributed by atoms with E-state index in [1.807, 2.05) is 48.5 Å². The molecule has 0 aromatic rings. The summed E-state index contributed by atoms with van der Waals surface area (Å²) in [4.78, 5) is 85.8. The number of ether oxygens (including phenoxy) is 5. The summed E-state index contributed by atoms with van der Waals surface area (Å²) in [5.74, 6) is -1.43. The molecule has 5 fully saturated rings. The molecule has 10 atom stereocenters. The fourth-order valence-electron chi connectivity index (χ4n) is 17.8. The van der Waals surface area contributed by atoms with E-state index in [0.717, 1.165) is 126 Å². The summed E-state index contributed by atoms with van der Waals surface area (Å²) in [6.45, 7) is 57.6. The number of hydrogen-bond acceptors (Lipinski definition) is 21. The Kier molecular flexibility index (Phi) is 41.8. The molecular formula is C80H152N10O11. The highest BCUT2D eigenvalue weighted by atomic mass is 16.5. The molecule has 5 rings (SSSR count). The van der Waals surface area contributed by atoms with Crippen LogP contribution in [0.15, 0.2) is 20.0 Å². The van der Waals surface area contributed by atoms with E-state index in [0.29, 0.717) is 81.9 Å². The molecule has 0 heterocycles. The molecule has 588 valence electrons. The molecule has 5 aliphatic carbocycles. The molecule has 0 bridgehead atoms. The number of nitrogens with two attached hydrogens (primary N) is 6.